The van der Waals surface area contributed by atoms with E-state index in [4.69, 9.17) is 0 Å². The van der Waals surface area contributed by atoms with Crippen LogP contribution in [0.3, 0.4) is 0 Å². The van der Waals surface area contributed by atoms with Crippen molar-refractivity contribution in [1.82, 2.24) is 20.5 Å². The number of halogens is 1. The highest BCUT2D eigenvalue weighted by atomic mass is 19.1. The minimum absolute atomic E-state index is 0.0861. The molecule has 6 rings (SSSR count). The summed E-state index contributed by atoms with van der Waals surface area (Å²) in [4.78, 5) is 44.1. The number of urea groups is 1. The van der Waals surface area contributed by atoms with E-state index in [1.807, 2.05) is 42.5 Å². The standard InChI is InChI=1S/C27H19FN4O3/c28-19-11-8-17-14-32(24(33)22(17)13-19)15-27(25(34)30-26(35)31-27)18-9-6-16(7-10-18)20-3-1-5-23-21(20)4-2-12-29-23/h1-13H,14-15H2,(H2,30,31,34,35)/t27-/m0/s1. The van der Waals surface area contributed by atoms with E-state index in [-0.39, 0.29) is 24.6 Å². The Bertz CT molecular complexity index is 1530. The first-order valence-corrected chi connectivity index (χ1v) is 11.1. The highest BCUT2D eigenvalue weighted by Crippen LogP contribution is 2.34. The highest BCUT2D eigenvalue weighted by molar-refractivity contribution is 6.08. The molecule has 1 saturated heterocycles. The lowest BCUT2D eigenvalue weighted by molar-refractivity contribution is -0.124. The number of hydrogen-bond acceptors (Lipinski definition) is 4. The largest absolute Gasteiger partial charge is 0.331 e. The Morgan fingerprint density at radius 1 is 0.943 bits per heavy atom. The number of carbonyl (C=O) groups excluding carboxylic acids is 3. The number of aromatic nitrogens is 1. The number of fused-ring (bicyclic) bond motifs is 2. The van der Waals surface area contributed by atoms with Gasteiger partial charge in [-0.2, -0.15) is 0 Å². The number of pyridine rings is 1. The Morgan fingerprint density at radius 2 is 1.77 bits per heavy atom. The normalized spacial score (nSPS) is 19.1. The molecule has 2 aliphatic heterocycles. The minimum atomic E-state index is -1.47. The molecule has 0 spiro atoms. The van der Waals surface area contributed by atoms with Crippen molar-refractivity contribution in [3.63, 3.8) is 0 Å². The lowest BCUT2D eigenvalue weighted by Gasteiger charge is -2.31. The first-order chi connectivity index (χ1) is 16.9. The van der Waals surface area contributed by atoms with Crippen LogP contribution in [0.15, 0.2) is 79.0 Å². The monoisotopic (exact) mass is 466 g/mol. The number of nitrogens with one attached hydrogen (secondary N) is 2. The Labute approximate surface area is 199 Å². The zero-order valence-electron chi connectivity index (χ0n) is 18.4. The third-order valence-corrected chi connectivity index (χ3v) is 6.65. The molecule has 4 aromatic rings. The predicted octanol–water partition coefficient (Wildman–Crippen LogP) is 3.73. The molecule has 3 heterocycles. The molecule has 8 heteroatoms. The molecule has 2 N–H and O–H groups in total. The summed E-state index contributed by atoms with van der Waals surface area (Å²) in [7, 11) is 0. The van der Waals surface area contributed by atoms with Crippen LogP contribution in [0.4, 0.5) is 9.18 Å². The summed E-state index contributed by atoms with van der Waals surface area (Å²) in [6, 6.07) is 20.5. The number of nitrogens with zero attached hydrogens (tertiary/aromatic N) is 2. The minimum Gasteiger partial charge on any atom is -0.331 e. The number of rotatable bonds is 4. The molecule has 0 saturated carbocycles. The van der Waals surface area contributed by atoms with Gasteiger partial charge in [0.15, 0.2) is 5.54 Å². The Hall–Kier alpha value is -4.59. The summed E-state index contributed by atoms with van der Waals surface area (Å²) in [6.07, 6.45) is 1.74. The summed E-state index contributed by atoms with van der Waals surface area (Å²) in [5, 5.41) is 6.03. The molecule has 7 nitrogen and oxygen atoms in total. The van der Waals surface area contributed by atoms with Gasteiger partial charge in [0.1, 0.15) is 5.82 Å². The van der Waals surface area contributed by atoms with Gasteiger partial charge in [-0.15, -0.1) is 0 Å². The van der Waals surface area contributed by atoms with Gasteiger partial charge in [0.05, 0.1) is 12.1 Å². The maximum atomic E-state index is 13.7. The molecule has 0 bridgehead atoms. The van der Waals surface area contributed by atoms with Crippen molar-refractivity contribution in [1.29, 1.82) is 0 Å². The summed E-state index contributed by atoms with van der Waals surface area (Å²) >= 11 is 0. The van der Waals surface area contributed by atoms with Gasteiger partial charge in [-0.05, 0) is 46.5 Å². The zero-order chi connectivity index (χ0) is 24.2. The second kappa shape index (κ2) is 7.73. The molecule has 0 aliphatic carbocycles. The molecular weight excluding hydrogens is 447 g/mol. The number of amides is 4. The van der Waals surface area contributed by atoms with E-state index in [9.17, 15) is 18.8 Å². The van der Waals surface area contributed by atoms with Crippen LogP contribution in [-0.4, -0.2) is 34.3 Å². The fraction of sp³-hybridized carbons (Fsp3) is 0.111. The van der Waals surface area contributed by atoms with Crippen LogP contribution in [-0.2, 0) is 16.9 Å². The van der Waals surface area contributed by atoms with Gasteiger partial charge in [-0.3, -0.25) is 19.9 Å². The van der Waals surface area contributed by atoms with Gasteiger partial charge in [-0.25, -0.2) is 9.18 Å². The van der Waals surface area contributed by atoms with Crippen LogP contribution < -0.4 is 10.6 Å². The molecule has 35 heavy (non-hydrogen) atoms. The number of carbonyl (C=O) groups is 3. The van der Waals surface area contributed by atoms with Crippen molar-refractivity contribution in [2.45, 2.75) is 12.1 Å². The molecular formula is C27H19FN4O3. The molecule has 3 aromatic carbocycles. The lowest BCUT2D eigenvalue weighted by Crippen LogP contribution is -2.52. The lowest BCUT2D eigenvalue weighted by atomic mass is 9.87. The molecule has 1 fully saturated rings. The molecule has 172 valence electrons. The Kier molecular flexibility index (Phi) is 4.63. The van der Waals surface area contributed by atoms with Crippen LogP contribution in [0, 0.1) is 5.82 Å². The second-order valence-corrected chi connectivity index (χ2v) is 8.73. The van der Waals surface area contributed by atoms with Gasteiger partial charge in [-0.1, -0.05) is 48.5 Å². The number of benzene rings is 3. The predicted molar refractivity (Wildman–Crippen MR) is 127 cm³/mol. The summed E-state index contributed by atoms with van der Waals surface area (Å²) in [5.41, 5.74) is 2.80. The van der Waals surface area contributed by atoms with Crippen molar-refractivity contribution in [3.05, 3.63) is 102 Å². The van der Waals surface area contributed by atoms with Crippen LogP contribution in [0.2, 0.25) is 0 Å². The van der Waals surface area contributed by atoms with Gasteiger partial charge >= 0.3 is 6.03 Å². The van der Waals surface area contributed by atoms with Crippen LogP contribution in [0.25, 0.3) is 22.0 Å². The fourth-order valence-corrected chi connectivity index (χ4v) is 4.93. The highest BCUT2D eigenvalue weighted by Gasteiger charge is 2.50. The number of hydrogen-bond donors (Lipinski definition) is 2. The fourth-order valence-electron chi connectivity index (χ4n) is 4.93. The van der Waals surface area contributed by atoms with E-state index in [0.29, 0.717) is 11.1 Å². The van der Waals surface area contributed by atoms with E-state index >= 15 is 0 Å². The van der Waals surface area contributed by atoms with Crippen molar-refractivity contribution >= 4 is 28.7 Å². The Morgan fingerprint density at radius 3 is 2.54 bits per heavy atom. The maximum absolute atomic E-state index is 13.7. The average molecular weight is 466 g/mol. The van der Waals surface area contributed by atoms with Crippen molar-refractivity contribution in [2.24, 2.45) is 0 Å². The van der Waals surface area contributed by atoms with E-state index in [1.165, 1.54) is 17.0 Å². The smallest absolute Gasteiger partial charge is 0.322 e. The van der Waals surface area contributed by atoms with Crippen LogP contribution in [0.1, 0.15) is 21.5 Å². The molecule has 1 atom stereocenters. The first kappa shape index (κ1) is 21.0. The summed E-state index contributed by atoms with van der Waals surface area (Å²) in [6.45, 7) is 0.137. The quantitative estimate of drug-likeness (QED) is 0.449. The number of imide groups is 1. The van der Waals surface area contributed by atoms with Crippen LogP contribution >= 0.6 is 0 Å². The molecule has 4 amide bonds. The summed E-state index contributed by atoms with van der Waals surface area (Å²) < 4.78 is 13.7. The van der Waals surface area contributed by atoms with Gasteiger partial charge in [0, 0.05) is 23.7 Å². The van der Waals surface area contributed by atoms with E-state index < -0.39 is 23.3 Å². The molecule has 0 unspecified atom stereocenters. The topological polar surface area (TPSA) is 91.4 Å². The SMILES string of the molecule is O=C1NC(=O)[C@](CN2Cc3ccc(F)cc3C2=O)(c2ccc(-c3cccc4ncccc34)cc2)N1. The third-order valence-electron chi connectivity index (χ3n) is 6.65. The Balaban J connectivity index is 1.37. The molecule has 1 aromatic heterocycles. The third kappa shape index (κ3) is 3.33. The van der Waals surface area contributed by atoms with Gasteiger partial charge in [0.25, 0.3) is 11.8 Å². The van der Waals surface area contributed by atoms with E-state index in [0.717, 1.165) is 22.0 Å². The van der Waals surface area contributed by atoms with Gasteiger partial charge in [0.2, 0.25) is 0 Å². The van der Waals surface area contributed by atoms with E-state index in [2.05, 4.69) is 15.6 Å². The van der Waals surface area contributed by atoms with Crippen molar-refractivity contribution in [3.8, 4) is 11.1 Å². The first-order valence-electron chi connectivity index (χ1n) is 11.1. The van der Waals surface area contributed by atoms with Crippen molar-refractivity contribution < 1.29 is 18.8 Å². The average Bonchev–Trinajstić information content (AvgIpc) is 3.33. The second-order valence-electron chi connectivity index (χ2n) is 8.73. The zero-order valence-corrected chi connectivity index (χ0v) is 18.4. The maximum Gasteiger partial charge on any atom is 0.322 e. The molecule has 0 radical (unpaired) electrons. The van der Waals surface area contributed by atoms with E-state index in [1.54, 1.807) is 24.4 Å². The van der Waals surface area contributed by atoms with Gasteiger partial charge < -0.3 is 10.2 Å². The van der Waals surface area contributed by atoms with Crippen LogP contribution in [0.5, 0.6) is 0 Å². The van der Waals surface area contributed by atoms with Crippen molar-refractivity contribution in [2.75, 3.05) is 6.54 Å². The molecule has 2 aliphatic rings. The summed E-state index contributed by atoms with van der Waals surface area (Å²) in [5.74, 6) is -1.42.